The van der Waals surface area contributed by atoms with Crippen LogP contribution in [0.15, 0.2) is 0 Å². The topological polar surface area (TPSA) is 0 Å². The normalized spacial score (nSPS) is 19.5. The van der Waals surface area contributed by atoms with Crippen molar-refractivity contribution in [3.8, 4) is 0 Å². The molecule has 2 heteroatoms. The first kappa shape index (κ1) is 10.4. The minimum Gasteiger partial charge on any atom is -0.195 e. The Kier molecular flexibility index (Phi) is 5.14. The standard InChI is InChI=1S/C10H20BCl/c1-2-3-9-11(12)10-7-5-4-6-8-10/h10H,2-9H2,1H3. The van der Waals surface area contributed by atoms with Crippen molar-refractivity contribution >= 4 is 17.6 Å². The largest absolute Gasteiger partial charge is 0.253 e. The van der Waals surface area contributed by atoms with Crippen molar-refractivity contribution in [2.45, 2.75) is 64.0 Å². The van der Waals surface area contributed by atoms with Gasteiger partial charge in [-0.2, -0.15) is 11.5 Å². The van der Waals surface area contributed by atoms with Crippen LogP contribution in [0.3, 0.4) is 0 Å². The Morgan fingerprint density at radius 3 is 2.50 bits per heavy atom. The lowest BCUT2D eigenvalue weighted by atomic mass is 9.55. The van der Waals surface area contributed by atoms with E-state index in [2.05, 4.69) is 6.92 Å². The number of rotatable bonds is 4. The minimum absolute atomic E-state index is 0.477. The van der Waals surface area contributed by atoms with E-state index in [0.717, 1.165) is 5.82 Å². The number of hydrogen-bond donors (Lipinski definition) is 0. The van der Waals surface area contributed by atoms with Crippen LogP contribution in [0, 0.1) is 0 Å². The van der Waals surface area contributed by atoms with E-state index in [1.165, 1.54) is 51.3 Å². The molecule has 0 N–H and O–H groups in total. The third-order valence-corrected chi connectivity index (χ3v) is 3.57. The maximum Gasteiger partial charge on any atom is 0.253 e. The van der Waals surface area contributed by atoms with Gasteiger partial charge in [-0.15, -0.1) is 0 Å². The Bertz CT molecular complexity index is 110. The van der Waals surface area contributed by atoms with Gasteiger partial charge < -0.3 is 0 Å². The molecule has 0 heterocycles. The molecule has 0 saturated heterocycles. The zero-order valence-corrected chi connectivity index (χ0v) is 8.95. The summed E-state index contributed by atoms with van der Waals surface area (Å²) in [5.41, 5.74) is 0. The Labute approximate surface area is 82.1 Å². The summed E-state index contributed by atoms with van der Waals surface area (Å²) in [6, 6.07) is 0. The lowest BCUT2D eigenvalue weighted by molar-refractivity contribution is 0.498. The van der Waals surface area contributed by atoms with Gasteiger partial charge in [-0.1, -0.05) is 58.2 Å². The smallest absolute Gasteiger partial charge is 0.195 e. The Morgan fingerprint density at radius 1 is 1.25 bits per heavy atom. The Morgan fingerprint density at radius 2 is 1.92 bits per heavy atom. The molecular weight excluding hydrogens is 166 g/mol. The summed E-state index contributed by atoms with van der Waals surface area (Å²) in [6.45, 7) is 2.24. The minimum atomic E-state index is 0.477. The molecule has 0 aromatic heterocycles. The fraction of sp³-hybridized carbons (Fsp3) is 1.00. The highest BCUT2D eigenvalue weighted by Gasteiger charge is 2.24. The SMILES string of the molecule is CCCCB(Cl)C1CCCCC1. The fourth-order valence-electron chi connectivity index (χ4n) is 2.13. The first-order chi connectivity index (χ1) is 5.84. The molecule has 12 heavy (non-hydrogen) atoms. The molecule has 1 aliphatic rings. The van der Waals surface area contributed by atoms with Gasteiger partial charge in [0.1, 0.15) is 0 Å². The third kappa shape index (κ3) is 3.39. The van der Waals surface area contributed by atoms with Crippen molar-refractivity contribution in [3.63, 3.8) is 0 Å². The second kappa shape index (κ2) is 5.91. The van der Waals surface area contributed by atoms with E-state index >= 15 is 0 Å². The van der Waals surface area contributed by atoms with E-state index in [-0.39, 0.29) is 0 Å². The molecule has 0 nitrogen and oxygen atoms in total. The molecule has 0 aromatic carbocycles. The first-order valence-corrected chi connectivity index (χ1v) is 5.92. The summed E-state index contributed by atoms with van der Waals surface area (Å²) in [7, 11) is 0. The zero-order chi connectivity index (χ0) is 8.81. The van der Waals surface area contributed by atoms with Gasteiger partial charge in [-0.05, 0) is 5.82 Å². The van der Waals surface area contributed by atoms with Gasteiger partial charge >= 0.3 is 0 Å². The van der Waals surface area contributed by atoms with Gasteiger partial charge in [0, 0.05) is 0 Å². The lowest BCUT2D eigenvalue weighted by Gasteiger charge is -2.23. The molecule has 0 spiro atoms. The van der Waals surface area contributed by atoms with E-state index < -0.39 is 0 Å². The van der Waals surface area contributed by atoms with Crippen LogP contribution in [0.25, 0.3) is 0 Å². The van der Waals surface area contributed by atoms with Crippen molar-refractivity contribution in [1.29, 1.82) is 0 Å². The van der Waals surface area contributed by atoms with Crippen LogP contribution in [-0.2, 0) is 0 Å². The molecule has 1 fully saturated rings. The first-order valence-electron chi connectivity index (χ1n) is 5.48. The Balaban J connectivity index is 2.15. The molecule has 1 aliphatic carbocycles. The molecule has 1 rings (SSSR count). The summed E-state index contributed by atoms with van der Waals surface area (Å²) in [5.74, 6) is 0.840. The fourth-order valence-corrected chi connectivity index (χ4v) is 2.54. The molecule has 0 aromatic rings. The van der Waals surface area contributed by atoms with Gasteiger partial charge in [0.25, 0.3) is 6.13 Å². The highest BCUT2D eigenvalue weighted by Crippen LogP contribution is 2.34. The molecule has 70 valence electrons. The molecule has 0 aliphatic heterocycles. The monoisotopic (exact) mass is 186 g/mol. The van der Waals surface area contributed by atoms with Crippen LogP contribution in [0.2, 0.25) is 12.1 Å². The quantitative estimate of drug-likeness (QED) is 0.573. The average Bonchev–Trinajstić information content (AvgIpc) is 2.15. The zero-order valence-electron chi connectivity index (χ0n) is 8.19. The predicted molar refractivity (Wildman–Crippen MR) is 58.2 cm³/mol. The van der Waals surface area contributed by atoms with Crippen LogP contribution in [-0.4, -0.2) is 6.13 Å². The van der Waals surface area contributed by atoms with Crippen LogP contribution in [0.4, 0.5) is 0 Å². The molecule has 0 atom stereocenters. The third-order valence-electron chi connectivity index (χ3n) is 2.99. The van der Waals surface area contributed by atoms with Gasteiger partial charge in [0.2, 0.25) is 0 Å². The molecule has 1 saturated carbocycles. The number of halogens is 1. The van der Waals surface area contributed by atoms with Crippen molar-refractivity contribution in [2.24, 2.45) is 0 Å². The van der Waals surface area contributed by atoms with Gasteiger partial charge in [-0.3, -0.25) is 0 Å². The summed E-state index contributed by atoms with van der Waals surface area (Å²) in [4.78, 5) is 0. The summed E-state index contributed by atoms with van der Waals surface area (Å²) < 4.78 is 0. The number of unbranched alkanes of at least 4 members (excludes halogenated alkanes) is 1. The van der Waals surface area contributed by atoms with Crippen molar-refractivity contribution < 1.29 is 0 Å². The average molecular weight is 187 g/mol. The highest BCUT2D eigenvalue weighted by molar-refractivity contribution is 7.07. The van der Waals surface area contributed by atoms with Crippen LogP contribution in [0.1, 0.15) is 51.9 Å². The van der Waals surface area contributed by atoms with Gasteiger partial charge in [-0.25, -0.2) is 0 Å². The summed E-state index contributed by atoms with van der Waals surface area (Å²) in [6.07, 6.45) is 11.4. The molecule has 0 unspecified atom stereocenters. The van der Waals surface area contributed by atoms with Crippen LogP contribution >= 0.6 is 11.5 Å². The summed E-state index contributed by atoms with van der Waals surface area (Å²) >= 11 is 6.34. The maximum absolute atomic E-state index is 6.34. The van der Waals surface area contributed by atoms with Gasteiger partial charge in [0.15, 0.2) is 0 Å². The molecule has 0 amide bonds. The highest BCUT2D eigenvalue weighted by atomic mass is 35.5. The van der Waals surface area contributed by atoms with E-state index in [1.807, 2.05) is 0 Å². The van der Waals surface area contributed by atoms with E-state index in [1.54, 1.807) is 0 Å². The van der Waals surface area contributed by atoms with Crippen molar-refractivity contribution in [3.05, 3.63) is 0 Å². The van der Waals surface area contributed by atoms with E-state index in [0.29, 0.717) is 6.13 Å². The maximum atomic E-state index is 6.34. The van der Waals surface area contributed by atoms with Crippen LogP contribution in [0.5, 0.6) is 0 Å². The van der Waals surface area contributed by atoms with Crippen molar-refractivity contribution in [2.75, 3.05) is 0 Å². The number of hydrogen-bond acceptors (Lipinski definition) is 0. The van der Waals surface area contributed by atoms with E-state index in [9.17, 15) is 0 Å². The molecule has 0 radical (unpaired) electrons. The van der Waals surface area contributed by atoms with Crippen molar-refractivity contribution in [1.82, 2.24) is 0 Å². The molecule has 0 bridgehead atoms. The van der Waals surface area contributed by atoms with Crippen LogP contribution < -0.4 is 0 Å². The summed E-state index contributed by atoms with van der Waals surface area (Å²) in [5, 5.41) is 0. The second-order valence-electron chi connectivity index (χ2n) is 4.06. The van der Waals surface area contributed by atoms with E-state index in [4.69, 9.17) is 11.5 Å². The second-order valence-corrected chi connectivity index (χ2v) is 4.62. The molecular formula is C10H20BCl. The Hall–Kier alpha value is 0.355. The predicted octanol–water partition coefficient (Wildman–Crippen LogP) is 4.35. The van der Waals surface area contributed by atoms with Gasteiger partial charge in [0.05, 0.1) is 0 Å². The lowest BCUT2D eigenvalue weighted by Crippen LogP contribution is -2.16.